The van der Waals surface area contributed by atoms with Crippen molar-refractivity contribution in [2.24, 2.45) is 5.16 Å². The van der Waals surface area contributed by atoms with Gasteiger partial charge in [-0.1, -0.05) is 23.4 Å². The smallest absolute Gasteiger partial charge is 0.297 e. The second-order valence-electron chi connectivity index (χ2n) is 7.54. The third-order valence-electron chi connectivity index (χ3n) is 4.12. The molecule has 0 atom stereocenters. The molecule has 8 nitrogen and oxygen atoms in total. The SMILES string of the molecule is Cc1nc2c(C)nn(C(C)(C)C)c2nc(C)/c1=N\OC(=O)Nc1ccccc1. The van der Waals surface area contributed by atoms with Gasteiger partial charge in [0.1, 0.15) is 10.9 Å². The summed E-state index contributed by atoms with van der Waals surface area (Å²) in [6, 6.07) is 9.02. The molecule has 28 heavy (non-hydrogen) atoms. The van der Waals surface area contributed by atoms with E-state index in [4.69, 9.17) is 4.84 Å². The number of aryl methyl sites for hydroxylation is 3. The number of anilines is 1. The molecule has 1 aromatic carbocycles. The predicted octanol–water partition coefficient (Wildman–Crippen LogP) is 3.57. The molecule has 2 aromatic heterocycles. The van der Waals surface area contributed by atoms with Gasteiger partial charge in [0.25, 0.3) is 0 Å². The summed E-state index contributed by atoms with van der Waals surface area (Å²) >= 11 is 0. The standard InChI is InChI=1S/C20H24N6O2/c1-12-16(25-28-19(27)23-15-10-8-7-9-11-15)13(2)22-18-17(21-12)14(3)24-26(18)20(4,5)6/h7-11H,1-6H3,(H,23,27)/b25-16-. The zero-order valence-electron chi connectivity index (χ0n) is 16.9. The van der Waals surface area contributed by atoms with Gasteiger partial charge in [-0.3, -0.25) is 10.2 Å². The van der Waals surface area contributed by atoms with Crippen LogP contribution >= 0.6 is 0 Å². The molecule has 0 bridgehead atoms. The zero-order chi connectivity index (χ0) is 20.5. The molecule has 1 N–H and O–H groups in total. The predicted molar refractivity (Wildman–Crippen MR) is 107 cm³/mol. The van der Waals surface area contributed by atoms with Crippen molar-refractivity contribution in [3.8, 4) is 0 Å². The van der Waals surface area contributed by atoms with Crippen LogP contribution in [0.3, 0.4) is 0 Å². The van der Waals surface area contributed by atoms with Crippen LogP contribution in [0.25, 0.3) is 11.2 Å². The Balaban J connectivity index is 2.02. The van der Waals surface area contributed by atoms with Crippen molar-refractivity contribution < 1.29 is 9.63 Å². The highest BCUT2D eigenvalue weighted by Crippen LogP contribution is 2.21. The number of hydrogen-bond acceptors (Lipinski definition) is 6. The van der Waals surface area contributed by atoms with Gasteiger partial charge in [0, 0.05) is 5.69 Å². The van der Waals surface area contributed by atoms with Crippen molar-refractivity contribution in [1.82, 2.24) is 19.7 Å². The summed E-state index contributed by atoms with van der Waals surface area (Å²) in [6.45, 7) is 11.7. The molecule has 0 aliphatic heterocycles. The summed E-state index contributed by atoms with van der Waals surface area (Å²) in [5.74, 6) is 0. The molecule has 0 radical (unpaired) electrons. The number of benzene rings is 1. The molecule has 0 unspecified atom stereocenters. The quantitative estimate of drug-likeness (QED) is 0.542. The highest BCUT2D eigenvalue weighted by Gasteiger charge is 2.21. The third kappa shape index (κ3) is 4.00. The maximum absolute atomic E-state index is 12.0. The van der Waals surface area contributed by atoms with E-state index < -0.39 is 6.09 Å². The Kier molecular flexibility index (Phi) is 5.13. The summed E-state index contributed by atoms with van der Waals surface area (Å²) in [4.78, 5) is 26.4. The van der Waals surface area contributed by atoms with Crippen LogP contribution in [0.5, 0.6) is 0 Å². The van der Waals surface area contributed by atoms with E-state index in [2.05, 4.69) is 46.3 Å². The van der Waals surface area contributed by atoms with E-state index in [0.717, 1.165) is 5.69 Å². The van der Waals surface area contributed by atoms with Crippen molar-refractivity contribution in [1.29, 1.82) is 0 Å². The lowest BCUT2D eigenvalue weighted by atomic mass is 10.1. The van der Waals surface area contributed by atoms with Crippen molar-refractivity contribution in [3.63, 3.8) is 0 Å². The molecule has 2 heterocycles. The molecule has 0 fully saturated rings. The molecule has 3 rings (SSSR count). The monoisotopic (exact) mass is 380 g/mol. The molecule has 0 saturated carbocycles. The third-order valence-corrected chi connectivity index (χ3v) is 4.12. The normalized spacial score (nSPS) is 12.3. The van der Waals surface area contributed by atoms with Crippen LogP contribution in [0.1, 0.15) is 37.9 Å². The molecule has 0 aliphatic carbocycles. The average molecular weight is 380 g/mol. The van der Waals surface area contributed by atoms with E-state index >= 15 is 0 Å². The van der Waals surface area contributed by atoms with Crippen LogP contribution in [0.4, 0.5) is 10.5 Å². The van der Waals surface area contributed by atoms with Crippen LogP contribution in [0, 0.1) is 20.8 Å². The Morgan fingerprint density at radius 1 is 1.04 bits per heavy atom. The number of fused-ring (bicyclic) bond motifs is 1. The number of amides is 1. The number of carbonyl (C=O) groups is 1. The maximum Gasteiger partial charge on any atom is 0.437 e. The van der Waals surface area contributed by atoms with E-state index in [1.165, 1.54) is 0 Å². The first-order valence-corrected chi connectivity index (χ1v) is 8.99. The van der Waals surface area contributed by atoms with Crippen LogP contribution < -0.4 is 10.7 Å². The van der Waals surface area contributed by atoms with Crippen LogP contribution in [-0.4, -0.2) is 25.8 Å². The minimum absolute atomic E-state index is 0.251. The fourth-order valence-electron chi connectivity index (χ4n) is 2.78. The van der Waals surface area contributed by atoms with Gasteiger partial charge in [0.05, 0.1) is 22.6 Å². The first kappa shape index (κ1) is 19.5. The Labute approximate surface area is 163 Å². The molecular formula is C20H24N6O2. The molecule has 1 amide bonds. The summed E-state index contributed by atoms with van der Waals surface area (Å²) in [5, 5.41) is 11.6. The molecule has 146 valence electrons. The second kappa shape index (κ2) is 7.38. The highest BCUT2D eigenvalue weighted by molar-refractivity contribution is 5.84. The summed E-state index contributed by atoms with van der Waals surface area (Å²) in [5.41, 5.74) is 3.72. The number of carbonyl (C=O) groups excluding carboxylic acids is 1. The van der Waals surface area contributed by atoms with Crippen LogP contribution in [0.15, 0.2) is 35.5 Å². The van der Waals surface area contributed by atoms with Crippen molar-refractivity contribution in [3.05, 3.63) is 52.8 Å². The minimum Gasteiger partial charge on any atom is -0.297 e. The highest BCUT2D eigenvalue weighted by atomic mass is 16.7. The van der Waals surface area contributed by atoms with Gasteiger partial charge in [-0.15, -0.1) is 0 Å². The Hall–Kier alpha value is -3.29. The lowest BCUT2D eigenvalue weighted by Crippen LogP contribution is -2.23. The van der Waals surface area contributed by atoms with Crippen LogP contribution in [0.2, 0.25) is 0 Å². The summed E-state index contributed by atoms with van der Waals surface area (Å²) < 4.78 is 1.85. The topological polar surface area (TPSA) is 94.3 Å². The largest absolute Gasteiger partial charge is 0.437 e. The molecular weight excluding hydrogens is 356 g/mol. The lowest BCUT2D eigenvalue weighted by molar-refractivity contribution is 0.161. The fraction of sp³-hybridized carbons (Fsp3) is 0.350. The summed E-state index contributed by atoms with van der Waals surface area (Å²) in [6.07, 6.45) is -0.682. The number of nitrogens with zero attached hydrogens (tertiary/aromatic N) is 5. The van der Waals surface area contributed by atoms with E-state index in [-0.39, 0.29) is 5.54 Å². The average Bonchev–Trinajstić information content (AvgIpc) is 2.85. The molecule has 8 heteroatoms. The van der Waals surface area contributed by atoms with Gasteiger partial charge >= 0.3 is 6.09 Å². The number of para-hydroxylation sites is 1. The summed E-state index contributed by atoms with van der Waals surface area (Å²) in [7, 11) is 0. The number of rotatable bonds is 2. The van der Waals surface area contributed by atoms with Crippen molar-refractivity contribution in [2.75, 3.05) is 5.32 Å². The van der Waals surface area contributed by atoms with Gasteiger partial charge < -0.3 is 0 Å². The molecule has 3 aromatic rings. The van der Waals surface area contributed by atoms with E-state index in [1.807, 2.05) is 29.8 Å². The first-order valence-electron chi connectivity index (χ1n) is 8.99. The van der Waals surface area contributed by atoms with Gasteiger partial charge in [-0.25, -0.2) is 19.4 Å². The Bertz CT molecular complexity index is 1100. The Morgan fingerprint density at radius 3 is 2.32 bits per heavy atom. The van der Waals surface area contributed by atoms with E-state index in [9.17, 15) is 4.79 Å². The first-order chi connectivity index (χ1) is 13.2. The zero-order valence-corrected chi connectivity index (χ0v) is 16.9. The molecule has 0 saturated heterocycles. The number of nitrogens with one attached hydrogen (secondary N) is 1. The van der Waals surface area contributed by atoms with Gasteiger partial charge in [-0.2, -0.15) is 5.10 Å². The van der Waals surface area contributed by atoms with Crippen molar-refractivity contribution in [2.45, 2.75) is 47.1 Å². The van der Waals surface area contributed by atoms with Gasteiger partial charge in [0.2, 0.25) is 0 Å². The van der Waals surface area contributed by atoms with Gasteiger partial charge in [-0.05, 0) is 53.7 Å². The Morgan fingerprint density at radius 2 is 1.68 bits per heavy atom. The molecule has 0 aliphatic rings. The van der Waals surface area contributed by atoms with Crippen LogP contribution in [-0.2, 0) is 10.4 Å². The van der Waals surface area contributed by atoms with Crippen molar-refractivity contribution >= 4 is 22.9 Å². The number of hydrogen-bond donors (Lipinski definition) is 1. The maximum atomic E-state index is 12.0. The lowest BCUT2D eigenvalue weighted by Gasteiger charge is -2.19. The minimum atomic E-state index is -0.682. The molecule has 0 spiro atoms. The van der Waals surface area contributed by atoms with Gasteiger partial charge in [0.15, 0.2) is 5.65 Å². The van der Waals surface area contributed by atoms with E-state index in [0.29, 0.717) is 33.6 Å². The second-order valence-corrected chi connectivity index (χ2v) is 7.54. The number of aromatic nitrogens is 4. The van der Waals surface area contributed by atoms with E-state index in [1.54, 1.807) is 26.0 Å². The fourth-order valence-corrected chi connectivity index (χ4v) is 2.78.